The van der Waals surface area contributed by atoms with E-state index in [9.17, 15) is 4.79 Å². The van der Waals surface area contributed by atoms with Gasteiger partial charge in [-0.3, -0.25) is 9.13 Å². The zero-order chi connectivity index (χ0) is 15.0. The van der Waals surface area contributed by atoms with E-state index in [0.717, 1.165) is 22.3 Å². The van der Waals surface area contributed by atoms with E-state index in [1.807, 2.05) is 47.9 Å². The predicted octanol–water partition coefficient (Wildman–Crippen LogP) is 3.65. The van der Waals surface area contributed by atoms with Crippen LogP contribution in [0.5, 0.6) is 0 Å². The fourth-order valence-electron chi connectivity index (χ4n) is 2.69. The summed E-state index contributed by atoms with van der Waals surface area (Å²) in [7, 11) is 0. The summed E-state index contributed by atoms with van der Waals surface area (Å²) < 4.78 is 3.49. The van der Waals surface area contributed by atoms with Crippen molar-refractivity contribution in [1.29, 1.82) is 0 Å². The van der Waals surface area contributed by atoms with Gasteiger partial charge >= 0.3 is 5.69 Å². The highest BCUT2D eigenvalue weighted by molar-refractivity contribution is 5.79. The summed E-state index contributed by atoms with van der Waals surface area (Å²) in [5, 5.41) is 0. The van der Waals surface area contributed by atoms with Gasteiger partial charge in [-0.1, -0.05) is 43.0 Å². The molecule has 3 aromatic rings. The Kier molecular flexibility index (Phi) is 3.26. The van der Waals surface area contributed by atoms with Crippen LogP contribution in [0.15, 0.2) is 59.9 Å². The molecule has 1 aromatic heterocycles. The smallest absolute Gasteiger partial charge is 0.287 e. The average molecular weight is 278 g/mol. The lowest BCUT2D eigenvalue weighted by atomic mass is 10.1. The van der Waals surface area contributed by atoms with Crippen molar-refractivity contribution in [1.82, 2.24) is 9.13 Å². The van der Waals surface area contributed by atoms with E-state index in [4.69, 9.17) is 0 Å². The molecule has 0 N–H and O–H groups in total. The lowest BCUT2D eigenvalue weighted by molar-refractivity contribution is 0.762. The standard InChI is InChI=1S/C18H18N2O/c1-13(2)20-17-11-7-6-10-16(17)19(18(20)21)12-15-9-5-4-8-14(15)3/h4-11H,1,12H2,2-3H3. The minimum Gasteiger partial charge on any atom is -0.287 e. The number of benzene rings is 2. The second kappa shape index (κ2) is 5.09. The molecule has 0 bridgehead atoms. The minimum absolute atomic E-state index is 0.0352. The van der Waals surface area contributed by atoms with Crippen molar-refractivity contribution in [3.63, 3.8) is 0 Å². The third-order valence-electron chi connectivity index (χ3n) is 3.81. The molecule has 21 heavy (non-hydrogen) atoms. The molecule has 0 amide bonds. The Labute approximate surface area is 123 Å². The van der Waals surface area contributed by atoms with Gasteiger partial charge in [-0.05, 0) is 37.1 Å². The zero-order valence-electron chi connectivity index (χ0n) is 12.3. The molecule has 0 aliphatic heterocycles. The van der Waals surface area contributed by atoms with Crippen LogP contribution in [0.1, 0.15) is 18.1 Å². The Morgan fingerprint density at radius 2 is 1.67 bits per heavy atom. The van der Waals surface area contributed by atoms with E-state index in [-0.39, 0.29) is 5.69 Å². The van der Waals surface area contributed by atoms with Gasteiger partial charge in [-0.15, -0.1) is 0 Å². The topological polar surface area (TPSA) is 26.9 Å². The minimum atomic E-state index is -0.0352. The maximum atomic E-state index is 12.7. The first-order chi connectivity index (χ1) is 10.1. The molecule has 0 fully saturated rings. The van der Waals surface area contributed by atoms with Crippen LogP contribution in [-0.2, 0) is 6.54 Å². The zero-order valence-corrected chi connectivity index (χ0v) is 12.3. The molecular weight excluding hydrogens is 260 g/mol. The van der Waals surface area contributed by atoms with E-state index in [0.29, 0.717) is 6.54 Å². The van der Waals surface area contributed by atoms with Gasteiger partial charge in [0, 0.05) is 5.70 Å². The molecule has 0 aliphatic carbocycles. The molecular formula is C18H18N2O. The number of rotatable bonds is 3. The number of allylic oxidation sites excluding steroid dienone is 1. The number of fused-ring (bicyclic) bond motifs is 1. The van der Waals surface area contributed by atoms with Crippen LogP contribution in [0.2, 0.25) is 0 Å². The molecule has 0 atom stereocenters. The Bertz CT molecular complexity index is 884. The van der Waals surface area contributed by atoms with Crippen molar-refractivity contribution in [2.45, 2.75) is 20.4 Å². The Morgan fingerprint density at radius 3 is 2.33 bits per heavy atom. The summed E-state index contributed by atoms with van der Waals surface area (Å²) in [6, 6.07) is 16.0. The second-order valence-corrected chi connectivity index (χ2v) is 5.35. The first-order valence-electron chi connectivity index (χ1n) is 7.00. The van der Waals surface area contributed by atoms with Crippen molar-refractivity contribution in [2.75, 3.05) is 0 Å². The fourth-order valence-corrected chi connectivity index (χ4v) is 2.69. The number of hydrogen-bond acceptors (Lipinski definition) is 1. The highest BCUT2D eigenvalue weighted by Crippen LogP contribution is 2.18. The van der Waals surface area contributed by atoms with Crippen LogP contribution in [0, 0.1) is 6.92 Å². The second-order valence-electron chi connectivity index (χ2n) is 5.35. The maximum absolute atomic E-state index is 12.7. The highest BCUT2D eigenvalue weighted by atomic mass is 16.1. The van der Waals surface area contributed by atoms with Gasteiger partial charge in [0.2, 0.25) is 0 Å². The molecule has 0 unspecified atom stereocenters. The summed E-state index contributed by atoms with van der Waals surface area (Å²) in [6.07, 6.45) is 0. The summed E-state index contributed by atoms with van der Waals surface area (Å²) in [4.78, 5) is 12.7. The van der Waals surface area contributed by atoms with E-state index < -0.39 is 0 Å². The molecule has 3 rings (SSSR count). The summed E-state index contributed by atoms with van der Waals surface area (Å²) in [5.41, 5.74) is 4.89. The molecule has 106 valence electrons. The van der Waals surface area contributed by atoms with Gasteiger partial charge < -0.3 is 0 Å². The molecule has 0 saturated heterocycles. The van der Waals surface area contributed by atoms with Crippen LogP contribution in [0.4, 0.5) is 0 Å². The normalized spacial score (nSPS) is 11.0. The SMILES string of the molecule is C=C(C)n1c(=O)n(Cc2ccccc2C)c2ccccc21. The summed E-state index contributed by atoms with van der Waals surface area (Å²) in [5.74, 6) is 0. The van der Waals surface area contributed by atoms with Gasteiger partial charge in [0.15, 0.2) is 0 Å². The Hall–Kier alpha value is -2.55. The van der Waals surface area contributed by atoms with Crippen molar-refractivity contribution in [3.8, 4) is 0 Å². The molecule has 1 heterocycles. The summed E-state index contributed by atoms with van der Waals surface area (Å²) in [6.45, 7) is 8.42. The number of para-hydroxylation sites is 2. The van der Waals surface area contributed by atoms with Crippen molar-refractivity contribution in [3.05, 3.63) is 76.7 Å². The third-order valence-corrected chi connectivity index (χ3v) is 3.81. The molecule has 0 radical (unpaired) electrons. The Balaban J connectivity index is 2.24. The van der Waals surface area contributed by atoms with Crippen molar-refractivity contribution in [2.24, 2.45) is 0 Å². The lowest BCUT2D eigenvalue weighted by Gasteiger charge is -2.06. The van der Waals surface area contributed by atoms with Gasteiger partial charge in [0.25, 0.3) is 0 Å². The van der Waals surface area contributed by atoms with Crippen LogP contribution in [0.3, 0.4) is 0 Å². The molecule has 2 aromatic carbocycles. The molecule has 3 heteroatoms. The van der Waals surface area contributed by atoms with Gasteiger partial charge in [-0.25, -0.2) is 4.79 Å². The first-order valence-corrected chi connectivity index (χ1v) is 7.00. The van der Waals surface area contributed by atoms with E-state index in [2.05, 4.69) is 25.6 Å². The van der Waals surface area contributed by atoms with Crippen molar-refractivity contribution < 1.29 is 0 Å². The summed E-state index contributed by atoms with van der Waals surface area (Å²) >= 11 is 0. The lowest BCUT2D eigenvalue weighted by Crippen LogP contribution is -2.23. The van der Waals surface area contributed by atoms with E-state index >= 15 is 0 Å². The number of imidazole rings is 1. The van der Waals surface area contributed by atoms with Gasteiger partial charge in [-0.2, -0.15) is 0 Å². The third kappa shape index (κ3) is 2.21. The van der Waals surface area contributed by atoms with E-state index in [1.165, 1.54) is 5.56 Å². The number of nitrogens with zero attached hydrogens (tertiary/aromatic N) is 2. The van der Waals surface area contributed by atoms with Crippen LogP contribution in [-0.4, -0.2) is 9.13 Å². The quantitative estimate of drug-likeness (QED) is 0.718. The van der Waals surface area contributed by atoms with Gasteiger partial charge in [0.05, 0.1) is 17.6 Å². The average Bonchev–Trinajstić information content (AvgIpc) is 2.74. The monoisotopic (exact) mass is 278 g/mol. The molecule has 0 saturated carbocycles. The fraction of sp³-hybridized carbons (Fsp3) is 0.167. The molecule has 0 spiro atoms. The first kappa shape index (κ1) is 13.4. The molecule has 3 nitrogen and oxygen atoms in total. The Morgan fingerprint density at radius 1 is 1.05 bits per heavy atom. The van der Waals surface area contributed by atoms with Crippen LogP contribution < -0.4 is 5.69 Å². The molecule has 0 aliphatic rings. The highest BCUT2D eigenvalue weighted by Gasteiger charge is 2.13. The van der Waals surface area contributed by atoms with E-state index in [1.54, 1.807) is 4.57 Å². The van der Waals surface area contributed by atoms with Crippen LogP contribution in [0.25, 0.3) is 16.7 Å². The number of aromatic nitrogens is 2. The van der Waals surface area contributed by atoms with Crippen molar-refractivity contribution >= 4 is 16.7 Å². The maximum Gasteiger partial charge on any atom is 0.333 e. The van der Waals surface area contributed by atoms with Gasteiger partial charge in [0.1, 0.15) is 0 Å². The largest absolute Gasteiger partial charge is 0.333 e. The predicted molar refractivity (Wildman–Crippen MR) is 87.5 cm³/mol. The number of hydrogen-bond donors (Lipinski definition) is 0. The van der Waals surface area contributed by atoms with Crippen LogP contribution >= 0.6 is 0 Å². The number of aryl methyl sites for hydroxylation is 1.